The van der Waals surface area contributed by atoms with Crippen LogP contribution in [-0.4, -0.2) is 22.1 Å². The Bertz CT molecular complexity index is 762. The van der Waals surface area contributed by atoms with Gasteiger partial charge in [-0.3, -0.25) is 4.79 Å². The molecule has 2 N–H and O–H groups in total. The Labute approximate surface area is 126 Å². The van der Waals surface area contributed by atoms with Crippen LogP contribution in [0.1, 0.15) is 22.0 Å². The summed E-state index contributed by atoms with van der Waals surface area (Å²) in [6.45, 7) is 0.207. The lowest BCUT2D eigenvalue weighted by molar-refractivity contribution is 0.0918. The topological polar surface area (TPSA) is 54.3 Å². The van der Waals surface area contributed by atoms with Gasteiger partial charge in [-0.25, -0.2) is 0 Å². The normalized spacial score (nSPS) is 12.5. The Kier molecular flexibility index (Phi) is 3.77. The number of amides is 1. The molecule has 108 valence electrons. The Balaban J connectivity index is 1.75. The van der Waals surface area contributed by atoms with Gasteiger partial charge in [0.1, 0.15) is 0 Å². The highest BCUT2D eigenvalue weighted by Gasteiger charge is 2.15. The molecule has 1 unspecified atom stereocenters. The summed E-state index contributed by atoms with van der Waals surface area (Å²) in [7, 11) is 1.92. The van der Waals surface area contributed by atoms with E-state index in [0.29, 0.717) is 5.56 Å². The standard InChI is InChI=1S/C16H16N2O2S/c1-18-9-13(12-4-2-3-5-14(12)18)16(20)17-8-15(19)11-6-7-21-10-11/h2-7,9-10,15,19H,8H2,1H3,(H,17,20). The van der Waals surface area contributed by atoms with Crippen LogP contribution in [0, 0.1) is 0 Å². The van der Waals surface area contributed by atoms with Crippen LogP contribution in [0.2, 0.25) is 0 Å². The van der Waals surface area contributed by atoms with Crippen molar-refractivity contribution in [2.24, 2.45) is 7.05 Å². The monoisotopic (exact) mass is 300 g/mol. The van der Waals surface area contributed by atoms with Gasteiger partial charge in [0.2, 0.25) is 0 Å². The van der Waals surface area contributed by atoms with Crippen molar-refractivity contribution in [3.8, 4) is 0 Å². The predicted octanol–water partition coefficient (Wildman–Crippen LogP) is 2.70. The summed E-state index contributed by atoms with van der Waals surface area (Å²) < 4.78 is 1.93. The summed E-state index contributed by atoms with van der Waals surface area (Å²) in [6, 6.07) is 9.63. The quantitative estimate of drug-likeness (QED) is 0.778. The van der Waals surface area contributed by atoms with E-state index in [4.69, 9.17) is 0 Å². The SMILES string of the molecule is Cn1cc(C(=O)NCC(O)c2ccsc2)c2ccccc21. The van der Waals surface area contributed by atoms with E-state index in [1.165, 1.54) is 11.3 Å². The first-order chi connectivity index (χ1) is 10.2. The first-order valence-electron chi connectivity index (χ1n) is 6.69. The second kappa shape index (κ2) is 5.71. The van der Waals surface area contributed by atoms with Crippen LogP contribution in [0.4, 0.5) is 0 Å². The third kappa shape index (κ3) is 2.70. The molecule has 1 aromatic carbocycles. The minimum Gasteiger partial charge on any atom is -0.387 e. The first kappa shape index (κ1) is 13.9. The van der Waals surface area contributed by atoms with Crippen LogP contribution in [0.25, 0.3) is 10.9 Å². The number of hydrogen-bond acceptors (Lipinski definition) is 3. The average molecular weight is 300 g/mol. The van der Waals surface area contributed by atoms with Crippen molar-refractivity contribution >= 4 is 28.1 Å². The average Bonchev–Trinajstić information content (AvgIpc) is 3.13. The minimum absolute atomic E-state index is 0.166. The number of aryl methyl sites for hydroxylation is 1. The molecule has 0 aliphatic heterocycles. The van der Waals surface area contributed by atoms with Crippen molar-refractivity contribution in [3.63, 3.8) is 0 Å². The van der Waals surface area contributed by atoms with Gasteiger partial charge >= 0.3 is 0 Å². The smallest absolute Gasteiger partial charge is 0.253 e. The molecule has 0 fully saturated rings. The Morgan fingerprint density at radius 3 is 2.95 bits per heavy atom. The molecule has 4 nitrogen and oxygen atoms in total. The zero-order valence-electron chi connectivity index (χ0n) is 11.6. The molecule has 21 heavy (non-hydrogen) atoms. The van der Waals surface area contributed by atoms with Gasteiger partial charge in [0, 0.05) is 30.7 Å². The molecule has 0 bridgehead atoms. The van der Waals surface area contributed by atoms with Crippen LogP contribution >= 0.6 is 11.3 Å². The van der Waals surface area contributed by atoms with Gasteiger partial charge < -0.3 is 15.0 Å². The molecule has 1 amide bonds. The van der Waals surface area contributed by atoms with Crippen molar-refractivity contribution in [1.29, 1.82) is 0 Å². The number of para-hydroxylation sites is 1. The number of nitrogens with zero attached hydrogens (tertiary/aromatic N) is 1. The van der Waals surface area contributed by atoms with Crippen LogP contribution < -0.4 is 5.32 Å². The highest BCUT2D eigenvalue weighted by molar-refractivity contribution is 7.07. The number of aromatic nitrogens is 1. The minimum atomic E-state index is -0.671. The lowest BCUT2D eigenvalue weighted by Crippen LogP contribution is -2.28. The maximum Gasteiger partial charge on any atom is 0.253 e. The van der Waals surface area contributed by atoms with E-state index >= 15 is 0 Å². The summed E-state index contributed by atoms with van der Waals surface area (Å²) >= 11 is 1.53. The van der Waals surface area contributed by atoms with Gasteiger partial charge in [0.25, 0.3) is 5.91 Å². The molecule has 0 aliphatic rings. The molecule has 3 rings (SSSR count). The van der Waals surface area contributed by atoms with Crippen molar-refractivity contribution < 1.29 is 9.90 Å². The molecule has 5 heteroatoms. The number of benzene rings is 1. The second-order valence-electron chi connectivity index (χ2n) is 4.95. The van der Waals surface area contributed by atoms with Gasteiger partial charge in [-0.15, -0.1) is 0 Å². The van der Waals surface area contributed by atoms with E-state index in [1.807, 2.05) is 58.9 Å². The number of rotatable bonds is 4. The van der Waals surface area contributed by atoms with Crippen LogP contribution in [0.3, 0.4) is 0 Å². The molecule has 3 aromatic rings. The number of thiophene rings is 1. The summed E-state index contributed by atoms with van der Waals surface area (Å²) in [5.41, 5.74) is 2.48. The number of aliphatic hydroxyl groups is 1. The van der Waals surface area contributed by atoms with E-state index in [0.717, 1.165) is 16.5 Å². The summed E-state index contributed by atoms with van der Waals surface area (Å²) in [4.78, 5) is 12.3. The molecule has 0 aliphatic carbocycles. The third-order valence-corrected chi connectivity index (χ3v) is 4.23. The fourth-order valence-electron chi connectivity index (χ4n) is 2.39. The number of carbonyl (C=O) groups excluding carboxylic acids is 1. The summed E-state index contributed by atoms with van der Waals surface area (Å²) in [5, 5.41) is 17.5. The number of hydrogen-bond donors (Lipinski definition) is 2. The van der Waals surface area contributed by atoms with E-state index < -0.39 is 6.10 Å². The van der Waals surface area contributed by atoms with E-state index in [2.05, 4.69) is 5.32 Å². The highest BCUT2D eigenvalue weighted by atomic mass is 32.1. The highest BCUT2D eigenvalue weighted by Crippen LogP contribution is 2.20. The number of carbonyl (C=O) groups is 1. The van der Waals surface area contributed by atoms with Gasteiger partial charge in [-0.2, -0.15) is 11.3 Å². The lowest BCUT2D eigenvalue weighted by Gasteiger charge is -2.10. The number of aliphatic hydroxyl groups excluding tert-OH is 1. The van der Waals surface area contributed by atoms with Gasteiger partial charge in [-0.1, -0.05) is 18.2 Å². The molecular formula is C16H16N2O2S. The first-order valence-corrected chi connectivity index (χ1v) is 7.63. The maximum absolute atomic E-state index is 12.3. The molecule has 0 saturated heterocycles. The fourth-order valence-corrected chi connectivity index (χ4v) is 3.10. The molecule has 0 spiro atoms. The van der Waals surface area contributed by atoms with Gasteiger partial charge in [-0.05, 0) is 28.5 Å². The Morgan fingerprint density at radius 2 is 2.19 bits per heavy atom. The molecule has 2 heterocycles. The lowest BCUT2D eigenvalue weighted by atomic mass is 10.1. The zero-order valence-corrected chi connectivity index (χ0v) is 12.4. The Morgan fingerprint density at radius 1 is 1.38 bits per heavy atom. The van der Waals surface area contributed by atoms with Crippen LogP contribution in [0.5, 0.6) is 0 Å². The summed E-state index contributed by atoms with van der Waals surface area (Å²) in [5.74, 6) is -0.166. The third-order valence-electron chi connectivity index (χ3n) is 3.53. The van der Waals surface area contributed by atoms with E-state index in [1.54, 1.807) is 0 Å². The van der Waals surface area contributed by atoms with E-state index in [9.17, 15) is 9.90 Å². The van der Waals surface area contributed by atoms with Crippen LogP contribution in [-0.2, 0) is 7.05 Å². The van der Waals surface area contributed by atoms with Crippen molar-refractivity contribution in [2.75, 3.05) is 6.54 Å². The fraction of sp³-hybridized carbons (Fsp3) is 0.188. The molecule has 0 radical (unpaired) electrons. The Hall–Kier alpha value is -2.11. The van der Waals surface area contributed by atoms with Gasteiger partial charge in [0.15, 0.2) is 0 Å². The van der Waals surface area contributed by atoms with Crippen LogP contribution in [0.15, 0.2) is 47.3 Å². The molecular weight excluding hydrogens is 284 g/mol. The maximum atomic E-state index is 12.3. The van der Waals surface area contributed by atoms with Crippen molar-refractivity contribution in [3.05, 3.63) is 58.4 Å². The molecule has 1 atom stereocenters. The van der Waals surface area contributed by atoms with Crippen molar-refractivity contribution in [1.82, 2.24) is 9.88 Å². The predicted molar refractivity (Wildman–Crippen MR) is 84.5 cm³/mol. The molecule has 0 saturated carbocycles. The van der Waals surface area contributed by atoms with Gasteiger partial charge in [0.05, 0.1) is 11.7 Å². The van der Waals surface area contributed by atoms with E-state index in [-0.39, 0.29) is 12.5 Å². The summed E-state index contributed by atoms with van der Waals surface area (Å²) in [6.07, 6.45) is 1.15. The van der Waals surface area contributed by atoms with Crippen molar-refractivity contribution in [2.45, 2.75) is 6.10 Å². The molecule has 2 aromatic heterocycles. The zero-order chi connectivity index (χ0) is 14.8. The number of nitrogens with one attached hydrogen (secondary N) is 1. The largest absolute Gasteiger partial charge is 0.387 e. The number of fused-ring (bicyclic) bond motifs is 1. The second-order valence-corrected chi connectivity index (χ2v) is 5.73.